The second kappa shape index (κ2) is 9.18. The van der Waals surface area contributed by atoms with Gasteiger partial charge in [-0.25, -0.2) is 4.79 Å². The number of alkyl halides is 2. The summed E-state index contributed by atoms with van der Waals surface area (Å²) in [5.41, 5.74) is 1.59. The first-order valence-corrected chi connectivity index (χ1v) is 13.2. The third kappa shape index (κ3) is 3.96. The lowest BCUT2D eigenvalue weighted by molar-refractivity contribution is -0.159. The van der Waals surface area contributed by atoms with Gasteiger partial charge in [0.15, 0.2) is 6.61 Å². The minimum atomic E-state index is -1.07. The van der Waals surface area contributed by atoms with Crippen molar-refractivity contribution in [2.24, 2.45) is 23.7 Å². The first-order valence-electron chi connectivity index (χ1n) is 10.6. The molecule has 4 rings (SSSR count). The van der Waals surface area contributed by atoms with Crippen molar-refractivity contribution >= 4 is 77.2 Å². The third-order valence-corrected chi connectivity index (χ3v) is 10.5. The number of esters is 1. The molecule has 3 fully saturated rings. The number of anilines is 1. The van der Waals surface area contributed by atoms with Crippen LogP contribution in [-0.4, -0.2) is 50.9 Å². The minimum Gasteiger partial charge on any atom is -0.454 e. The first kappa shape index (κ1) is 23.9. The number of carbonyl (C=O) groups is 4. The molecule has 0 spiro atoms. The van der Waals surface area contributed by atoms with Crippen LogP contribution in [0.15, 0.2) is 22.7 Å². The van der Waals surface area contributed by atoms with Crippen molar-refractivity contribution in [3.8, 4) is 0 Å². The second-order valence-electron chi connectivity index (χ2n) is 8.54. The standard InChI is InChI=1S/C22H23Br3N2O5/c1-3-10-6-11(23)4-5-14(10)26-15(28)8-32-22(31)9(2)27-20(29)16-12-7-13(17(16)21(27)30)19(25)18(12)24/h4-6,9,12-13,16-19H,3,7-8H2,1-2H3,(H,26,28)/t9-,12+,13+,16-,17+,18-,19-/m0/s1. The van der Waals surface area contributed by atoms with Crippen molar-refractivity contribution in [1.82, 2.24) is 4.90 Å². The van der Waals surface area contributed by atoms with Crippen LogP contribution in [0.5, 0.6) is 0 Å². The average Bonchev–Trinajstić information content (AvgIpc) is 3.37. The smallest absolute Gasteiger partial charge is 0.329 e. The van der Waals surface area contributed by atoms with Crippen molar-refractivity contribution < 1.29 is 23.9 Å². The summed E-state index contributed by atoms with van der Waals surface area (Å²) in [6, 6.07) is 4.42. The fourth-order valence-corrected chi connectivity index (χ4v) is 7.56. The van der Waals surface area contributed by atoms with Gasteiger partial charge in [0.2, 0.25) is 11.8 Å². The number of hydrogen-bond acceptors (Lipinski definition) is 5. The molecule has 0 radical (unpaired) electrons. The van der Waals surface area contributed by atoms with Gasteiger partial charge in [-0.1, -0.05) is 54.7 Å². The van der Waals surface area contributed by atoms with E-state index in [2.05, 4.69) is 53.1 Å². The Morgan fingerprint density at radius 1 is 1.16 bits per heavy atom. The quantitative estimate of drug-likeness (QED) is 0.293. The summed E-state index contributed by atoms with van der Waals surface area (Å²) in [5, 5.41) is 2.74. The number of hydrogen-bond donors (Lipinski definition) is 1. The van der Waals surface area contributed by atoms with E-state index in [1.165, 1.54) is 6.92 Å². The lowest BCUT2D eigenvalue weighted by Crippen LogP contribution is -2.45. The van der Waals surface area contributed by atoms with E-state index in [1.54, 1.807) is 6.07 Å². The number of aryl methyl sites for hydroxylation is 1. The Morgan fingerprint density at radius 2 is 1.75 bits per heavy atom. The monoisotopic (exact) mass is 632 g/mol. The molecule has 2 saturated carbocycles. The number of nitrogens with one attached hydrogen (secondary N) is 1. The number of amides is 3. The Kier molecular flexibility index (Phi) is 6.85. The van der Waals surface area contributed by atoms with Gasteiger partial charge in [-0.05, 0) is 55.4 Å². The molecule has 3 aliphatic rings. The predicted molar refractivity (Wildman–Crippen MR) is 128 cm³/mol. The number of rotatable bonds is 6. The van der Waals surface area contributed by atoms with E-state index in [0.717, 1.165) is 27.8 Å². The molecule has 10 heteroatoms. The molecule has 1 heterocycles. The molecule has 1 N–H and O–H groups in total. The van der Waals surface area contributed by atoms with Crippen LogP contribution < -0.4 is 5.32 Å². The van der Waals surface area contributed by atoms with E-state index in [1.807, 2.05) is 19.1 Å². The lowest BCUT2D eigenvalue weighted by atomic mass is 9.81. The maximum Gasteiger partial charge on any atom is 0.329 e. The van der Waals surface area contributed by atoms with Crippen molar-refractivity contribution in [2.75, 3.05) is 11.9 Å². The Bertz CT molecular complexity index is 954. The number of ether oxygens (including phenoxy) is 1. The highest BCUT2D eigenvalue weighted by atomic mass is 79.9. The van der Waals surface area contributed by atoms with Crippen LogP contribution in [0, 0.1) is 23.7 Å². The summed E-state index contributed by atoms with van der Waals surface area (Å²) >= 11 is 10.7. The fourth-order valence-electron chi connectivity index (χ4n) is 5.28. The Morgan fingerprint density at radius 3 is 2.31 bits per heavy atom. The molecule has 7 nitrogen and oxygen atoms in total. The molecule has 0 unspecified atom stereocenters. The van der Waals surface area contributed by atoms with Crippen molar-refractivity contribution in [2.45, 2.75) is 42.4 Å². The van der Waals surface area contributed by atoms with Crippen LogP contribution in [-0.2, 0) is 30.3 Å². The first-order chi connectivity index (χ1) is 15.1. The summed E-state index contributed by atoms with van der Waals surface area (Å²) in [6.45, 7) is 2.95. The number of imide groups is 1. The van der Waals surface area contributed by atoms with Crippen LogP contribution in [0.3, 0.4) is 0 Å². The highest BCUT2D eigenvalue weighted by molar-refractivity contribution is 9.12. The number of halogens is 3. The van der Waals surface area contributed by atoms with E-state index in [9.17, 15) is 19.2 Å². The van der Waals surface area contributed by atoms with Crippen molar-refractivity contribution in [3.05, 3.63) is 28.2 Å². The Hall–Kier alpha value is -1.26. The maximum atomic E-state index is 13.0. The summed E-state index contributed by atoms with van der Waals surface area (Å²) < 4.78 is 6.06. The summed E-state index contributed by atoms with van der Waals surface area (Å²) in [6.07, 6.45) is 1.54. The van der Waals surface area contributed by atoms with E-state index in [0.29, 0.717) is 5.69 Å². The van der Waals surface area contributed by atoms with E-state index in [4.69, 9.17) is 4.74 Å². The molecule has 1 aromatic carbocycles. The topological polar surface area (TPSA) is 92.8 Å². The van der Waals surface area contributed by atoms with Gasteiger partial charge in [0.05, 0.1) is 11.8 Å². The summed E-state index contributed by atoms with van der Waals surface area (Å²) in [7, 11) is 0. The second-order valence-corrected chi connectivity index (χ2v) is 11.6. The average molecular weight is 635 g/mol. The van der Waals surface area contributed by atoms with Crippen molar-refractivity contribution in [3.63, 3.8) is 0 Å². The number of benzene rings is 1. The molecule has 1 saturated heterocycles. The number of fused-ring (bicyclic) bond motifs is 5. The summed E-state index contributed by atoms with van der Waals surface area (Å²) in [5.74, 6) is -2.53. The lowest BCUT2D eigenvalue weighted by Gasteiger charge is -2.28. The van der Waals surface area contributed by atoms with Crippen LogP contribution >= 0.6 is 47.8 Å². The Balaban J connectivity index is 1.37. The molecule has 2 aliphatic carbocycles. The van der Waals surface area contributed by atoms with Gasteiger partial charge in [0.25, 0.3) is 5.91 Å². The van der Waals surface area contributed by atoms with Crippen LogP contribution in [0.25, 0.3) is 0 Å². The van der Waals surface area contributed by atoms with Crippen LogP contribution in [0.1, 0.15) is 25.8 Å². The van der Waals surface area contributed by atoms with Gasteiger partial charge in [-0.2, -0.15) is 0 Å². The molecule has 172 valence electrons. The van der Waals surface area contributed by atoms with Gasteiger partial charge in [-0.3, -0.25) is 19.3 Å². The number of likely N-dealkylation sites (tertiary alicyclic amines) is 1. The SMILES string of the molecule is CCc1cc(Br)ccc1NC(=O)COC(=O)[C@H](C)N1C(=O)[C@@H]2[C@H]3C[C@@H]([C@H](Br)[C@H]3Br)[C@@H]2C1=O. The molecule has 0 aromatic heterocycles. The zero-order valence-electron chi connectivity index (χ0n) is 17.5. The molecule has 1 aromatic rings. The molecule has 3 amide bonds. The molecular formula is C22H23Br3N2O5. The van der Waals surface area contributed by atoms with Gasteiger partial charge >= 0.3 is 5.97 Å². The zero-order chi connectivity index (χ0) is 23.3. The van der Waals surface area contributed by atoms with Gasteiger partial charge < -0.3 is 10.1 Å². The van der Waals surface area contributed by atoms with Gasteiger partial charge in [-0.15, -0.1) is 0 Å². The number of nitrogens with zero attached hydrogens (tertiary/aromatic N) is 1. The fraction of sp³-hybridized carbons (Fsp3) is 0.545. The highest BCUT2D eigenvalue weighted by Crippen LogP contribution is 2.60. The van der Waals surface area contributed by atoms with E-state index in [-0.39, 0.29) is 33.3 Å². The normalized spacial score (nSPS) is 31.6. The largest absolute Gasteiger partial charge is 0.454 e. The molecule has 32 heavy (non-hydrogen) atoms. The predicted octanol–water partition coefficient (Wildman–Crippen LogP) is 3.66. The van der Waals surface area contributed by atoms with Gasteiger partial charge in [0.1, 0.15) is 6.04 Å². The van der Waals surface area contributed by atoms with E-state index < -0.39 is 36.4 Å². The van der Waals surface area contributed by atoms with Crippen molar-refractivity contribution in [1.29, 1.82) is 0 Å². The van der Waals surface area contributed by atoms with E-state index >= 15 is 0 Å². The molecule has 2 bridgehead atoms. The molecular weight excluding hydrogens is 612 g/mol. The summed E-state index contributed by atoms with van der Waals surface area (Å²) in [4.78, 5) is 52.3. The number of carbonyl (C=O) groups excluding carboxylic acids is 4. The molecule has 7 atom stereocenters. The Labute approximate surface area is 211 Å². The molecule has 1 aliphatic heterocycles. The minimum absolute atomic E-state index is 0.0727. The van der Waals surface area contributed by atoms with Gasteiger partial charge in [0, 0.05) is 19.8 Å². The van der Waals surface area contributed by atoms with Crippen LogP contribution in [0.4, 0.5) is 5.69 Å². The van der Waals surface area contributed by atoms with Crippen LogP contribution in [0.2, 0.25) is 0 Å². The highest BCUT2D eigenvalue weighted by Gasteiger charge is 2.67. The zero-order valence-corrected chi connectivity index (χ0v) is 22.3. The maximum absolute atomic E-state index is 13.0. The third-order valence-electron chi connectivity index (χ3n) is 6.82.